The fourth-order valence-corrected chi connectivity index (χ4v) is 2.58. The zero-order chi connectivity index (χ0) is 14.7. The molecule has 7 heteroatoms. The molecule has 3 N–H and O–H groups in total. The van der Waals surface area contributed by atoms with Gasteiger partial charge in [0.05, 0.1) is 10.2 Å². The summed E-state index contributed by atoms with van der Waals surface area (Å²) < 4.78 is 14.0. The summed E-state index contributed by atoms with van der Waals surface area (Å²) in [4.78, 5) is 16.0. The average molecular weight is 302 g/mol. The highest BCUT2D eigenvalue weighted by atomic mass is 32.1. The number of carbonyl (C=O) groups excluding carboxylic acids is 1. The Bertz CT molecular complexity index is 756. The van der Waals surface area contributed by atoms with Crippen molar-refractivity contribution in [2.24, 2.45) is 0 Å². The summed E-state index contributed by atoms with van der Waals surface area (Å²) in [5.41, 5.74) is 6.41. The number of hydrogen-bond acceptors (Lipinski definition) is 4. The van der Waals surface area contributed by atoms with E-state index >= 15 is 0 Å². The minimum atomic E-state index is -0.500. The van der Waals surface area contributed by atoms with Gasteiger partial charge in [-0.2, -0.15) is 0 Å². The van der Waals surface area contributed by atoms with Crippen LogP contribution in [0.1, 0.15) is 0 Å². The Hall–Kier alpha value is -2.67. The van der Waals surface area contributed by atoms with Crippen LogP contribution in [0.3, 0.4) is 0 Å². The number of anilines is 2. The monoisotopic (exact) mass is 302 g/mol. The third kappa shape index (κ3) is 3.26. The highest BCUT2D eigenvalue weighted by Gasteiger charge is 2.05. The molecule has 0 unspecified atom stereocenters. The molecule has 106 valence electrons. The first-order valence-corrected chi connectivity index (χ1v) is 6.96. The van der Waals surface area contributed by atoms with Crippen LogP contribution in [-0.4, -0.2) is 11.0 Å². The standard InChI is InChI=1S/C14H11FN4OS/c15-9-4-3-5-10(8-9)16-13(20)18-19-14-17-11-6-1-2-7-12(11)21-14/h1-8H,(H,17,19)(H2,16,18,20). The van der Waals surface area contributed by atoms with Crippen molar-refractivity contribution in [2.45, 2.75) is 0 Å². The number of para-hydroxylation sites is 1. The quantitative estimate of drug-likeness (QED) is 0.648. The maximum absolute atomic E-state index is 13.0. The molecule has 0 aliphatic heterocycles. The third-order valence-corrected chi connectivity index (χ3v) is 3.61. The van der Waals surface area contributed by atoms with E-state index in [9.17, 15) is 9.18 Å². The first kappa shape index (κ1) is 13.3. The van der Waals surface area contributed by atoms with Crippen molar-refractivity contribution in [1.82, 2.24) is 10.4 Å². The molecule has 0 aliphatic carbocycles. The number of hydrazine groups is 1. The summed E-state index contributed by atoms with van der Waals surface area (Å²) in [5, 5.41) is 3.09. The molecule has 0 saturated heterocycles. The van der Waals surface area contributed by atoms with E-state index in [1.165, 1.54) is 29.5 Å². The van der Waals surface area contributed by atoms with Gasteiger partial charge in [-0.15, -0.1) is 0 Å². The number of urea groups is 1. The number of nitrogens with zero attached hydrogens (tertiary/aromatic N) is 1. The number of fused-ring (bicyclic) bond motifs is 1. The van der Waals surface area contributed by atoms with E-state index in [1.54, 1.807) is 6.07 Å². The SMILES string of the molecule is O=C(NNc1nc2ccccc2s1)Nc1cccc(F)c1. The Balaban J connectivity index is 1.60. The normalized spacial score (nSPS) is 10.3. The highest BCUT2D eigenvalue weighted by molar-refractivity contribution is 7.22. The number of nitrogens with one attached hydrogen (secondary N) is 3. The van der Waals surface area contributed by atoms with Crippen LogP contribution in [0, 0.1) is 5.82 Å². The van der Waals surface area contributed by atoms with Gasteiger partial charge >= 0.3 is 6.03 Å². The molecule has 1 aromatic heterocycles. The number of hydrogen-bond donors (Lipinski definition) is 3. The van der Waals surface area contributed by atoms with Crippen molar-refractivity contribution >= 4 is 38.4 Å². The predicted molar refractivity (Wildman–Crippen MR) is 81.8 cm³/mol. The van der Waals surface area contributed by atoms with E-state index in [-0.39, 0.29) is 0 Å². The molecule has 0 saturated carbocycles. The first-order valence-electron chi connectivity index (χ1n) is 6.15. The lowest BCUT2D eigenvalue weighted by Gasteiger charge is -2.07. The van der Waals surface area contributed by atoms with Crippen LogP contribution in [0.4, 0.5) is 20.0 Å². The van der Waals surface area contributed by atoms with Crippen molar-refractivity contribution < 1.29 is 9.18 Å². The van der Waals surface area contributed by atoms with E-state index in [0.29, 0.717) is 10.8 Å². The van der Waals surface area contributed by atoms with Crippen molar-refractivity contribution in [2.75, 3.05) is 10.7 Å². The molecule has 0 atom stereocenters. The van der Waals surface area contributed by atoms with E-state index in [0.717, 1.165) is 10.2 Å². The van der Waals surface area contributed by atoms with Crippen molar-refractivity contribution in [3.63, 3.8) is 0 Å². The largest absolute Gasteiger partial charge is 0.337 e. The smallest absolute Gasteiger partial charge is 0.306 e. The molecule has 2 aromatic carbocycles. The molecule has 5 nitrogen and oxygen atoms in total. The summed E-state index contributed by atoms with van der Waals surface area (Å²) in [6, 6.07) is 12.8. The molecule has 0 spiro atoms. The van der Waals surface area contributed by atoms with Gasteiger partial charge < -0.3 is 5.32 Å². The summed E-state index contributed by atoms with van der Waals surface area (Å²) in [6.45, 7) is 0. The van der Waals surface area contributed by atoms with Crippen LogP contribution >= 0.6 is 11.3 Å². The summed E-state index contributed by atoms with van der Waals surface area (Å²) in [7, 11) is 0. The second-order valence-electron chi connectivity index (χ2n) is 4.20. The van der Waals surface area contributed by atoms with E-state index < -0.39 is 11.8 Å². The van der Waals surface area contributed by atoms with Gasteiger partial charge in [0.1, 0.15) is 5.82 Å². The number of aromatic nitrogens is 1. The Morgan fingerprint density at radius 3 is 2.81 bits per heavy atom. The summed E-state index contributed by atoms with van der Waals surface area (Å²) >= 11 is 1.42. The van der Waals surface area contributed by atoms with Crippen LogP contribution in [-0.2, 0) is 0 Å². The topological polar surface area (TPSA) is 66.0 Å². The molecular formula is C14H11FN4OS. The minimum Gasteiger partial charge on any atom is -0.306 e. The van der Waals surface area contributed by atoms with E-state index in [1.807, 2.05) is 24.3 Å². The average Bonchev–Trinajstić information content (AvgIpc) is 2.88. The molecule has 3 rings (SSSR count). The van der Waals surface area contributed by atoms with Crippen LogP contribution in [0.25, 0.3) is 10.2 Å². The summed E-state index contributed by atoms with van der Waals surface area (Å²) in [6.07, 6.45) is 0. The number of carbonyl (C=O) groups is 1. The Morgan fingerprint density at radius 1 is 1.14 bits per heavy atom. The van der Waals surface area contributed by atoms with Crippen LogP contribution in [0.2, 0.25) is 0 Å². The molecule has 3 aromatic rings. The number of amides is 2. The number of thiazole rings is 1. The molecular weight excluding hydrogens is 291 g/mol. The van der Waals surface area contributed by atoms with Crippen LogP contribution in [0.5, 0.6) is 0 Å². The molecule has 1 heterocycles. The van der Waals surface area contributed by atoms with Gasteiger partial charge in [-0.3, -0.25) is 5.43 Å². The van der Waals surface area contributed by atoms with Crippen molar-refractivity contribution in [3.05, 3.63) is 54.3 Å². The number of halogens is 1. The highest BCUT2D eigenvalue weighted by Crippen LogP contribution is 2.24. The van der Waals surface area contributed by atoms with Crippen molar-refractivity contribution in [1.29, 1.82) is 0 Å². The lowest BCUT2D eigenvalue weighted by molar-refractivity contribution is 0.254. The zero-order valence-corrected chi connectivity index (χ0v) is 11.6. The fraction of sp³-hybridized carbons (Fsp3) is 0. The van der Waals surface area contributed by atoms with Crippen molar-refractivity contribution in [3.8, 4) is 0 Å². The van der Waals surface area contributed by atoms with E-state index in [2.05, 4.69) is 21.2 Å². The second kappa shape index (κ2) is 5.76. The van der Waals surface area contributed by atoms with Gasteiger partial charge in [0.25, 0.3) is 0 Å². The molecule has 2 amide bonds. The predicted octanol–water partition coefficient (Wildman–Crippen LogP) is 3.58. The van der Waals surface area contributed by atoms with Crippen LogP contribution < -0.4 is 16.2 Å². The lowest BCUT2D eigenvalue weighted by Crippen LogP contribution is -2.33. The minimum absolute atomic E-state index is 0.374. The molecule has 0 bridgehead atoms. The number of benzene rings is 2. The molecule has 0 radical (unpaired) electrons. The van der Waals surface area contributed by atoms with Gasteiger partial charge in [0.15, 0.2) is 0 Å². The molecule has 0 aliphatic rings. The summed E-state index contributed by atoms with van der Waals surface area (Å²) in [5.74, 6) is -0.410. The molecule has 0 fully saturated rings. The maximum Gasteiger partial charge on any atom is 0.337 e. The van der Waals surface area contributed by atoms with Crippen LogP contribution in [0.15, 0.2) is 48.5 Å². The lowest BCUT2D eigenvalue weighted by atomic mass is 10.3. The van der Waals surface area contributed by atoms with Gasteiger partial charge in [-0.05, 0) is 30.3 Å². The second-order valence-corrected chi connectivity index (χ2v) is 5.23. The van der Waals surface area contributed by atoms with E-state index in [4.69, 9.17) is 0 Å². The first-order chi connectivity index (χ1) is 10.2. The Labute approximate surface area is 123 Å². The maximum atomic E-state index is 13.0. The third-order valence-electron chi connectivity index (χ3n) is 2.66. The molecule has 21 heavy (non-hydrogen) atoms. The fourth-order valence-electron chi connectivity index (χ4n) is 1.76. The zero-order valence-electron chi connectivity index (χ0n) is 10.8. The van der Waals surface area contributed by atoms with Gasteiger partial charge in [-0.1, -0.05) is 29.5 Å². The van der Waals surface area contributed by atoms with Gasteiger partial charge in [0.2, 0.25) is 5.13 Å². The Morgan fingerprint density at radius 2 is 2.00 bits per heavy atom. The Kier molecular flexibility index (Phi) is 3.65. The van der Waals surface area contributed by atoms with Gasteiger partial charge in [-0.25, -0.2) is 19.6 Å². The van der Waals surface area contributed by atoms with Gasteiger partial charge in [0, 0.05) is 5.69 Å². The number of rotatable bonds is 3.